The van der Waals surface area contributed by atoms with Crippen LogP contribution in [0.2, 0.25) is 0 Å². The number of ether oxygens (including phenoxy) is 1. The van der Waals surface area contributed by atoms with Crippen LogP contribution in [0.15, 0.2) is 66.3 Å². The molecule has 0 saturated heterocycles. The first kappa shape index (κ1) is 17.8. The number of hydrogen-bond acceptors (Lipinski definition) is 4. The summed E-state index contributed by atoms with van der Waals surface area (Å²) in [6.45, 7) is 0.565. The molecule has 0 spiro atoms. The van der Waals surface area contributed by atoms with Crippen LogP contribution < -0.4 is 10.1 Å². The van der Waals surface area contributed by atoms with Gasteiger partial charge in [0.2, 0.25) is 5.91 Å². The van der Waals surface area contributed by atoms with E-state index in [0.29, 0.717) is 17.9 Å². The Hall–Kier alpha value is -2.99. The summed E-state index contributed by atoms with van der Waals surface area (Å²) < 4.78 is 19.6. The van der Waals surface area contributed by atoms with Crippen LogP contribution in [0.3, 0.4) is 0 Å². The van der Waals surface area contributed by atoms with Crippen molar-refractivity contribution in [3.05, 3.63) is 82.6 Å². The first-order chi connectivity index (χ1) is 12.7. The van der Waals surface area contributed by atoms with Gasteiger partial charge in [0, 0.05) is 23.7 Å². The Morgan fingerprint density at radius 2 is 2.19 bits per heavy atom. The average molecular weight is 368 g/mol. The minimum atomic E-state index is -0.505. The highest BCUT2D eigenvalue weighted by Crippen LogP contribution is 2.24. The van der Waals surface area contributed by atoms with Crippen LogP contribution in [0.5, 0.6) is 11.5 Å². The minimum absolute atomic E-state index is 0.107. The van der Waals surface area contributed by atoms with Crippen molar-refractivity contribution >= 4 is 23.3 Å². The zero-order valence-corrected chi connectivity index (χ0v) is 14.7. The van der Waals surface area contributed by atoms with E-state index in [1.54, 1.807) is 41.8 Å². The molecule has 132 valence electrons. The molecule has 2 aromatic heterocycles. The zero-order valence-electron chi connectivity index (χ0n) is 13.9. The van der Waals surface area contributed by atoms with Crippen LogP contribution in [0.25, 0.3) is 6.08 Å². The van der Waals surface area contributed by atoms with Crippen molar-refractivity contribution in [1.29, 1.82) is 0 Å². The Kier molecular flexibility index (Phi) is 6.11. The number of rotatable bonds is 7. The Morgan fingerprint density at radius 1 is 1.27 bits per heavy atom. The number of halogens is 1. The third kappa shape index (κ3) is 5.26. The van der Waals surface area contributed by atoms with Gasteiger partial charge in [-0.1, -0.05) is 12.1 Å². The number of nitrogens with one attached hydrogen (secondary N) is 1. The molecule has 4 nitrogen and oxygen atoms in total. The molecular formula is C20H17FN2O2S. The van der Waals surface area contributed by atoms with Gasteiger partial charge in [0.15, 0.2) is 11.6 Å². The van der Waals surface area contributed by atoms with Crippen molar-refractivity contribution in [2.24, 2.45) is 0 Å². The summed E-state index contributed by atoms with van der Waals surface area (Å²) in [6, 6.07) is 12.0. The lowest BCUT2D eigenvalue weighted by Crippen LogP contribution is -2.23. The van der Waals surface area contributed by atoms with E-state index in [1.807, 2.05) is 17.5 Å². The first-order valence-electron chi connectivity index (χ1n) is 8.06. The molecule has 6 heteroatoms. The predicted molar refractivity (Wildman–Crippen MR) is 101 cm³/mol. The molecule has 0 radical (unpaired) electrons. The standard InChI is InChI=1S/C20H17FN2O2S/c21-18-13-15(5-7-19(18)25-16-3-1-10-22-14-16)6-8-20(24)23-11-9-17-4-2-12-26-17/h1-8,10,12-14H,9,11H2,(H,23,24)/b8-6+. The molecule has 0 aliphatic heterocycles. The molecule has 1 amide bonds. The van der Waals surface area contributed by atoms with Gasteiger partial charge >= 0.3 is 0 Å². The lowest BCUT2D eigenvalue weighted by molar-refractivity contribution is -0.116. The maximum atomic E-state index is 14.1. The molecular weight excluding hydrogens is 351 g/mol. The molecule has 1 aromatic carbocycles. The van der Waals surface area contributed by atoms with Gasteiger partial charge in [-0.15, -0.1) is 11.3 Å². The average Bonchev–Trinajstić information content (AvgIpc) is 3.16. The lowest BCUT2D eigenvalue weighted by Gasteiger charge is -2.06. The van der Waals surface area contributed by atoms with Gasteiger partial charge < -0.3 is 10.1 Å². The Labute approximate surface area is 155 Å². The second-order valence-corrected chi connectivity index (χ2v) is 6.47. The normalized spacial score (nSPS) is 10.8. The van der Waals surface area contributed by atoms with Crippen LogP contribution in [0.4, 0.5) is 4.39 Å². The van der Waals surface area contributed by atoms with E-state index in [4.69, 9.17) is 4.74 Å². The van der Waals surface area contributed by atoms with Crippen molar-refractivity contribution in [2.45, 2.75) is 6.42 Å². The van der Waals surface area contributed by atoms with Crippen molar-refractivity contribution in [3.63, 3.8) is 0 Å². The van der Waals surface area contributed by atoms with Crippen LogP contribution >= 0.6 is 11.3 Å². The van der Waals surface area contributed by atoms with Gasteiger partial charge in [-0.25, -0.2) is 4.39 Å². The zero-order chi connectivity index (χ0) is 18.2. The van der Waals surface area contributed by atoms with Gasteiger partial charge in [-0.2, -0.15) is 0 Å². The number of pyridine rings is 1. The molecule has 0 aliphatic carbocycles. The summed E-state index contributed by atoms with van der Waals surface area (Å²) in [6.07, 6.45) is 6.88. The Bertz CT molecular complexity index is 880. The van der Waals surface area contributed by atoms with E-state index >= 15 is 0 Å². The van der Waals surface area contributed by atoms with Gasteiger partial charge in [-0.05, 0) is 53.8 Å². The molecule has 0 fully saturated rings. The molecule has 2 heterocycles. The topological polar surface area (TPSA) is 51.2 Å². The summed E-state index contributed by atoms with van der Waals surface area (Å²) in [7, 11) is 0. The van der Waals surface area contributed by atoms with E-state index in [-0.39, 0.29) is 11.7 Å². The molecule has 3 aromatic rings. The maximum Gasteiger partial charge on any atom is 0.244 e. The van der Waals surface area contributed by atoms with Crippen molar-refractivity contribution in [3.8, 4) is 11.5 Å². The fourth-order valence-corrected chi connectivity index (χ4v) is 2.94. The van der Waals surface area contributed by atoms with E-state index in [1.165, 1.54) is 29.3 Å². The van der Waals surface area contributed by atoms with Crippen LogP contribution in [0, 0.1) is 5.82 Å². The molecule has 0 bridgehead atoms. The molecule has 0 saturated carbocycles. The smallest absolute Gasteiger partial charge is 0.244 e. The number of carbonyl (C=O) groups is 1. The number of hydrogen-bond donors (Lipinski definition) is 1. The first-order valence-corrected chi connectivity index (χ1v) is 8.94. The van der Waals surface area contributed by atoms with Crippen LogP contribution in [0.1, 0.15) is 10.4 Å². The predicted octanol–water partition coefficient (Wildman–Crippen LogP) is 4.45. The molecule has 0 aliphatic rings. The Morgan fingerprint density at radius 3 is 2.92 bits per heavy atom. The minimum Gasteiger partial charge on any atom is -0.453 e. The highest BCUT2D eigenvalue weighted by Gasteiger charge is 2.05. The van der Waals surface area contributed by atoms with Crippen LogP contribution in [-0.2, 0) is 11.2 Å². The van der Waals surface area contributed by atoms with E-state index in [9.17, 15) is 9.18 Å². The van der Waals surface area contributed by atoms with Crippen LogP contribution in [-0.4, -0.2) is 17.4 Å². The van der Waals surface area contributed by atoms with Gasteiger partial charge in [0.1, 0.15) is 5.75 Å². The summed E-state index contributed by atoms with van der Waals surface area (Å²) >= 11 is 1.66. The molecule has 26 heavy (non-hydrogen) atoms. The van der Waals surface area contributed by atoms with Crippen molar-refractivity contribution in [2.75, 3.05) is 6.54 Å². The fourth-order valence-electron chi connectivity index (χ4n) is 2.23. The number of thiophene rings is 1. The molecule has 3 rings (SSSR count). The van der Waals surface area contributed by atoms with E-state index in [0.717, 1.165) is 6.42 Å². The SMILES string of the molecule is O=C(/C=C/c1ccc(Oc2cccnc2)c(F)c1)NCCc1cccs1. The van der Waals surface area contributed by atoms with E-state index < -0.39 is 5.82 Å². The maximum absolute atomic E-state index is 14.1. The van der Waals surface area contributed by atoms with E-state index in [2.05, 4.69) is 10.3 Å². The monoisotopic (exact) mass is 368 g/mol. The largest absolute Gasteiger partial charge is 0.453 e. The second-order valence-electron chi connectivity index (χ2n) is 5.43. The molecule has 0 unspecified atom stereocenters. The van der Waals surface area contributed by atoms with Gasteiger partial charge in [0.05, 0.1) is 6.20 Å². The number of amides is 1. The molecule has 0 atom stereocenters. The summed E-state index contributed by atoms with van der Waals surface area (Å²) in [5.74, 6) is -0.151. The molecule has 1 N–H and O–H groups in total. The third-order valence-corrected chi connectivity index (χ3v) is 4.43. The summed E-state index contributed by atoms with van der Waals surface area (Å²) in [5.41, 5.74) is 0.578. The van der Waals surface area contributed by atoms with Gasteiger partial charge in [0.25, 0.3) is 0 Å². The quantitative estimate of drug-likeness (QED) is 0.627. The fraction of sp³-hybridized carbons (Fsp3) is 0.100. The van der Waals surface area contributed by atoms with Crippen molar-refractivity contribution < 1.29 is 13.9 Å². The number of benzene rings is 1. The number of carbonyl (C=O) groups excluding carboxylic acids is 1. The number of aromatic nitrogens is 1. The Balaban J connectivity index is 1.53. The van der Waals surface area contributed by atoms with Gasteiger partial charge in [-0.3, -0.25) is 9.78 Å². The lowest BCUT2D eigenvalue weighted by atomic mass is 10.2. The summed E-state index contributed by atoms with van der Waals surface area (Å²) in [5, 5.41) is 4.81. The van der Waals surface area contributed by atoms with Crippen molar-refractivity contribution in [1.82, 2.24) is 10.3 Å². The highest BCUT2D eigenvalue weighted by atomic mass is 32.1. The second kappa shape index (κ2) is 8.92. The number of nitrogens with zero attached hydrogens (tertiary/aromatic N) is 1. The highest BCUT2D eigenvalue weighted by molar-refractivity contribution is 7.09. The third-order valence-electron chi connectivity index (χ3n) is 3.50. The summed E-state index contributed by atoms with van der Waals surface area (Å²) in [4.78, 5) is 17.0.